The van der Waals surface area contributed by atoms with Gasteiger partial charge < -0.3 is 0 Å². The maximum absolute atomic E-state index is 10.5. The molecular weight excluding hydrogens is 206 g/mol. The minimum Gasteiger partial charge on any atom is -0.298 e. The zero-order chi connectivity index (χ0) is 10.8. The van der Waals surface area contributed by atoms with Crippen molar-refractivity contribution in [1.82, 2.24) is 4.98 Å². The molecule has 76 valence electrons. The lowest BCUT2D eigenvalue weighted by Crippen LogP contribution is -1.83. The molecule has 0 aromatic carbocycles. The highest BCUT2D eigenvalue weighted by Crippen LogP contribution is 2.29. The average Bonchev–Trinajstić information content (AvgIpc) is 2.59. The lowest BCUT2D eigenvalue weighted by molar-refractivity contribution is 0.112. The average molecular weight is 217 g/mol. The Balaban J connectivity index is 2.41. The first-order valence-electron chi connectivity index (χ1n) is 4.69. The summed E-state index contributed by atoms with van der Waals surface area (Å²) in [5.74, 6) is 0. The van der Waals surface area contributed by atoms with Crippen molar-refractivity contribution in [3.05, 3.63) is 40.4 Å². The minimum atomic E-state index is 0.615. The third-order valence-corrected chi connectivity index (χ3v) is 3.52. The van der Waals surface area contributed by atoms with Gasteiger partial charge in [0.15, 0.2) is 6.29 Å². The Morgan fingerprint density at radius 3 is 2.60 bits per heavy atom. The van der Waals surface area contributed by atoms with Gasteiger partial charge in [0.1, 0.15) is 0 Å². The molecule has 2 heterocycles. The third kappa shape index (κ3) is 1.97. The van der Waals surface area contributed by atoms with E-state index in [0.717, 1.165) is 16.9 Å². The third-order valence-electron chi connectivity index (χ3n) is 2.34. The number of carbonyl (C=O) groups is 1. The maximum atomic E-state index is 10.5. The standard InChI is InChI=1S/C12H11NOS/c1-8-5-12(15-9(8)2)11-4-3-10(7-14)6-13-11/h3-7H,1-2H3. The molecule has 0 fully saturated rings. The van der Waals surface area contributed by atoms with Gasteiger partial charge in [-0.25, -0.2) is 0 Å². The summed E-state index contributed by atoms with van der Waals surface area (Å²) in [5, 5.41) is 0. The highest BCUT2D eigenvalue weighted by atomic mass is 32.1. The minimum absolute atomic E-state index is 0.615. The molecule has 0 spiro atoms. The number of thiophene rings is 1. The van der Waals surface area contributed by atoms with E-state index >= 15 is 0 Å². The van der Waals surface area contributed by atoms with Crippen molar-refractivity contribution >= 4 is 17.6 Å². The first-order valence-corrected chi connectivity index (χ1v) is 5.51. The van der Waals surface area contributed by atoms with E-state index < -0.39 is 0 Å². The second-order valence-corrected chi connectivity index (χ2v) is 4.70. The second-order valence-electron chi connectivity index (χ2n) is 3.44. The monoisotopic (exact) mass is 217 g/mol. The van der Waals surface area contributed by atoms with Crippen LogP contribution in [0.1, 0.15) is 20.8 Å². The SMILES string of the molecule is Cc1cc(-c2ccc(C=O)cn2)sc1C. The number of carbonyl (C=O) groups excluding carboxylic acids is 1. The Bertz CT molecular complexity index is 465. The molecule has 0 aliphatic heterocycles. The van der Waals surface area contributed by atoms with E-state index in [0.29, 0.717) is 5.56 Å². The molecule has 0 bridgehead atoms. The Kier molecular flexibility index (Phi) is 2.64. The first kappa shape index (κ1) is 10.1. The summed E-state index contributed by atoms with van der Waals surface area (Å²) in [5.41, 5.74) is 2.84. The van der Waals surface area contributed by atoms with E-state index in [-0.39, 0.29) is 0 Å². The summed E-state index contributed by atoms with van der Waals surface area (Å²) in [6.45, 7) is 4.19. The van der Waals surface area contributed by atoms with Crippen LogP contribution >= 0.6 is 11.3 Å². The number of hydrogen-bond acceptors (Lipinski definition) is 3. The highest BCUT2D eigenvalue weighted by Gasteiger charge is 2.05. The summed E-state index contributed by atoms with van der Waals surface area (Å²) in [6, 6.07) is 5.80. The topological polar surface area (TPSA) is 30.0 Å². The van der Waals surface area contributed by atoms with Gasteiger partial charge in [0.2, 0.25) is 0 Å². The van der Waals surface area contributed by atoms with Gasteiger partial charge in [0.25, 0.3) is 0 Å². The molecule has 3 heteroatoms. The zero-order valence-electron chi connectivity index (χ0n) is 8.65. The summed E-state index contributed by atoms with van der Waals surface area (Å²) >= 11 is 1.73. The van der Waals surface area contributed by atoms with Gasteiger partial charge in [-0.05, 0) is 37.6 Å². The van der Waals surface area contributed by atoms with Gasteiger partial charge in [-0.15, -0.1) is 11.3 Å². The fourth-order valence-electron chi connectivity index (χ4n) is 1.32. The van der Waals surface area contributed by atoms with Crippen LogP contribution in [-0.4, -0.2) is 11.3 Å². The summed E-state index contributed by atoms with van der Waals surface area (Å²) < 4.78 is 0. The number of aryl methyl sites for hydroxylation is 2. The fraction of sp³-hybridized carbons (Fsp3) is 0.167. The van der Waals surface area contributed by atoms with Crippen LogP contribution in [0.5, 0.6) is 0 Å². The van der Waals surface area contributed by atoms with Gasteiger partial charge in [0.05, 0.1) is 10.6 Å². The van der Waals surface area contributed by atoms with E-state index in [1.165, 1.54) is 10.4 Å². The van der Waals surface area contributed by atoms with E-state index in [4.69, 9.17) is 0 Å². The Labute approximate surface area is 92.6 Å². The number of aldehydes is 1. The molecule has 0 amide bonds. The summed E-state index contributed by atoms with van der Waals surface area (Å²) in [7, 11) is 0. The van der Waals surface area contributed by atoms with Crippen LogP contribution in [0, 0.1) is 13.8 Å². The summed E-state index contributed by atoms with van der Waals surface area (Å²) in [4.78, 5) is 17.2. The molecule has 0 saturated heterocycles. The van der Waals surface area contributed by atoms with Crippen molar-refractivity contribution in [2.45, 2.75) is 13.8 Å². The largest absolute Gasteiger partial charge is 0.298 e. The molecule has 2 rings (SSSR count). The second kappa shape index (κ2) is 3.95. The van der Waals surface area contributed by atoms with E-state index in [1.807, 2.05) is 6.07 Å². The zero-order valence-corrected chi connectivity index (χ0v) is 9.47. The van der Waals surface area contributed by atoms with Gasteiger partial charge >= 0.3 is 0 Å². The van der Waals surface area contributed by atoms with Crippen LogP contribution in [0.4, 0.5) is 0 Å². The predicted octanol–water partition coefficient (Wildman–Crippen LogP) is 3.24. The molecular formula is C12H11NOS. The number of pyridine rings is 1. The predicted molar refractivity (Wildman–Crippen MR) is 62.4 cm³/mol. The molecule has 2 aromatic heterocycles. The van der Waals surface area contributed by atoms with Gasteiger partial charge in [0, 0.05) is 16.6 Å². The fourth-order valence-corrected chi connectivity index (χ4v) is 2.33. The number of nitrogens with zero attached hydrogens (tertiary/aromatic N) is 1. The van der Waals surface area contributed by atoms with E-state index in [2.05, 4.69) is 24.9 Å². The van der Waals surface area contributed by atoms with Gasteiger partial charge in [-0.2, -0.15) is 0 Å². The Morgan fingerprint density at radius 1 is 1.33 bits per heavy atom. The van der Waals surface area contributed by atoms with Crippen LogP contribution < -0.4 is 0 Å². The molecule has 0 unspecified atom stereocenters. The van der Waals surface area contributed by atoms with Crippen molar-refractivity contribution in [2.24, 2.45) is 0 Å². The molecule has 0 radical (unpaired) electrons. The van der Waals surface area contributed by atoms with Crippen molar-refractivity contribution in [1.29, 1.82) is 0 Å². The molecule has 0 aliphatic rings. The number of hydrogen-bond donors (Lipinski definition) is 0. The highest BCUT2D eigenvalue weighted by molar-refractivity contribution is 7.15. The van der Waals surface area contributed by atoms with Gasteiger partial charge in [-0.3, -0.25) is 9.78 Å². The smallest absolute Gasteiger partial charge is 0.151 e. The van der Waals surface area contributed by atoms with Gasteiger partial charge in [-0.1, -0.05) is 0 Å². The van der Waals surface area contributed by atoms with Crippen molar-refractivity contribution in [3.63, 3.8) is 0 Å². The van der Waals surface area contributed by atoms with Crippen LogP contribution in [0.3, 0.4) is 0 Å². The molecule has 2 nitrogen and oxygen atoms in total. The molecule has 15 heavy (non-hydrogen) atoms. The number of aromatic nitrogens is 1. The number of rotatable bonds is 2. The van der Waals surface area contributed by atoms with Crippen LogP contribution in [0.2, 0.25) is 0 Å². The van der Waals surface area contributed by atoms with E-state index in [9.17, 15) is 4.79 Å². The van der Waals surface area contributed by atoms with Crippen LogP contribution in [0.15, 0.2) is 24.4 Å². The normalized spacial score (nSPS) is 10.3. The first-order chi connectivity index (χ1) is 7.20. The lowest BCUT2D eigenvalue weighted by Gasteiger charge is -1.95. The van der Waals surface area contributed by atoms with Crippen molar-refractivity contribution in [3.8, 4) is 10.6 Å². The lowest BCUT2D eigenvalue weighted by atomic mass is 10.2. The molecule has 0 atom stereocenters. The Morgan fingerprint density at radius 2 is 2.13 bits per heavy atom. The summed E-state index contributed by atoms with van der Waals surface area (Å²) in [6.07, 6.45) is 2.41. The van der Waals surface area contributed by atoms with Crippen LogP contribution in [0.25, 0.3) is 10.6 Å². The van der Waals surface area contributed by atoms with E-state index in [1.54, 1.807) is 23.6 Å². The van der Waals surface area contributed by atoms with Crippen molar-refractivity contribution < 1.29 is 4.79 Å². The molecule has 0 saturated carbocycles. The molecule has 0 N–H and O–H groups in total. The van der Waals surface area contributed by atoms with Crippen molar-refractivity contribution in [2.75, 3.05) is 0 Å². The molecule has 0 aliphatic carbocycles. The maximum Gasteiger partial charge on any atom is 0.151 e. The quantitative estimate of drug-likeness (QED) is 0.723. The van der Waals surface area contributed by atoms with Crippen LogP contribution in [-0.2, 0) is 0 Å². The molecule has 2 aromatic rings. The Hall–Kier alpha value is -1.48.